The van der Waals surface area contributed by atoms with E-state index in [0.717, 1.165) is 23.7 Å². The molecule has 1 aromatic carbocycles. The molecule has 0 spiro atoms. The molecule has 1 amide bonds. The molecule has 0 aromatic heterocycles. The van der Waals surface area contributed by atoms with Gasteiger partial charge in [-0.2, -0.15) is 0 Å². The molecule has 1 aromatic rings. The fourth-order valence-electron chi connectivity index (χ4n) is 2.26. The van der Waals surface area contributed by atoms with E-state index in [9.17, 15) is 9.90 Å². The summed E-state index contributed by atoms with van der Waals surface area (Å²) in [4.78, 5) is 11.9. The minimum absolute atomic E-state index is 0.00348. The third-order valence-electron chi connectivity index (χ3n) is 3.32. The molecule has 2 rings (SSSR count). The Labute approximate surface area is 121 Å². The molecular weight excluding hydrogens is 306 g/mol. The SMILES string of the molecule is O=C(NCCC1=CCCCC1)c1ccc(Br)cc1O. The second-order valence-corrected chi connectivity index (χ2v) is 5.69. The van der Waals surface area contributed by atoms with Crippen molar-refractivity contribution in [3.05, 3.63) is 39.9 Å². The van der Waals surface area contributed by atoms with Gasteiger partial charge in [0.25, 0.3) is 5.91 Å². The van der Waals surface area contributed by atoms with Crippen molar-refractivity contribution in [2.75, 3.05) is 6.54 Å². The number of allylic oxidation sites excluding steroid dienone is 1. The largest absolute Gasteiger partial charge is 0.507 e. The Balaban J connectivity index is 1.85. The Morgan fingerprint density at radius 1 is 1.37 bits per heavy atom. The van der Waals surface area contributed by atoms with Gasteiger partial charge in [-0.15, -0.1) is 0 Å². The molecule has 3 nitrogen and oxygen atoms in total. The highest BCUT2D eigenvalue weighted by atomic mass is 79.9. The number of aromatic hydroxyl groups is 1. The molecule has 4 heteroatoms. The number of hydrogen-bond acceptors (Lipinski definition) is 2. The lowest BCUT2D eigenvalue weighted by molar-refractivity contribution is 0.0951. The topological polar surface area (TPSA) is 49.3 Å². The van der Waals surface area contributed by atoms with Crippen LogP contribution in [0.2, 0.25) is 0 Å². The minimum Gasteiger partial charge on any atom is -0.507 e. The van der Waals surface area contributed by atoms with Gasteiger partial charge in [0, 0.05) is 11.0 Å². The Morgan fingerprint density at radius 2 is 2.21 bits per heavy atom. The maximum Gasteiger partial charge on any atom is 0.255 e. The van der Waals surface area contributed by atoms with Gasteiger partial charge in [0.15, 0.2) is 0 Å². The average Bonchev–Trinajstić information content (AvgIpc) is 2.39. The Bertz CT molecular complexity index is 497. The van der Waals surface area contributed by atoms with Crippen LogP contribution in [0, 0.1) is 0 Å². The molecule has 1 aliphatic carbocycles. The molecule has 0 heterocycles. The zero-order valence-corrected chi connectivity index (χ0v) is 12.4. The van der Waals surface area contributed by atoms with Crippen molar-refractivity contribution in [2.24, 2.45) is 0 Å². The fraction of sp³-hybridized carbons (Fsp3) is 0.400. The first-order chi connectivity index (χ1) is 9.16. The maximum atomic E-state index is 11.9. The number of hydrogen-bond donors (Lipinski definition) is 2. The molecule has 19 heavy (non-hydrogen) atoms. The number of phenolic OH excluding ortho intramolecular Hbond substituents is 1. The Kier molecular flexibility index (Phi) is 5.02. The molecule has 0 fully saturated rings. The third-order valence-corrected chi connectivity index (χ3v) is 3.81. The first kappa shape index (κ1) is 14.1. The monoisotopic (exact) mass is 323 g/mol. The van der Waals surface area contributed by atoms with E-state index in [1.54, 1.807) is 12.1 Å². The standard InChI is InChI=1S/C15H18BrNO2/c16-12-6-7-13(14(18)10-12)15(19)17-9-8-11-4-2-1-3-5-11/h4,6-7,10,18H,1-3,5,8-9H2,(H,17,19). The van der Waals surface area contributed by atoms with E-state index < -0.39 is 0 Å². The van der Waals surface area contributed by atoms with Crippen LogP contribution in [0.4, 0.5) is 0 Å². The fourth-order valence-corrected chi connectivity index (χ4v) is 2.61. The van der Waals surface area contributed by atoms with E-state index in [0.29, 0.717) is 12.1 Å². The van der Waals surface area contributed by atoms with Crippen LogP contribution in [0.25, 0.3) is 0 Å². The molecule has 0 radical (unpaired) electrons. The number of rotatable bonds is 4. The predicted molar refractivity (Wildman–Crippen MR) is 79.3 cm³/mol. The second kappa shape index (κ2) is 6.75. The van der Waals surface area contributed by atoms with Gasteiger partial charge in [-0.05, 0) is 50.3 Å². The van der Waals surface area contributed by atoms with Crippen molar-refractivity contribution >= 4 is 21.8 Å². The number of carbonyl (C=O) groups excluding carboxylic acids is 1. The van der Waals surface area contributed by atoms with Gasteiger partial charge in [-0.25, -0.2) is 0 Å². The van der Waals surface area contributed by atoms with Crippen LogP contribution < -0.4 is 5.32 Å². The summed E-state index contributed by atoms with van der Waals surface area (Å²) in [7, 11) is 0. The number of halogens is 1. The molecule has 0 bridgehead atoms. The van der Waals surface area contributed by atoms with Gasteiger partial charge >= 0.3 is 0 Å². The molecule has 1 aliphatic rings. The van der Waals surface area contributed by atoms with E-state index in [4.69, 9.17) is 0 Å². The number of carbonyl (C=O) groups is 1. The predicted octanol–water partition coefficient (Wildman–Crippen LogP) is 3.78. The molecule has 0 atom stereocenters. The van der Waals surface area contributed by atoms with Crippen molar-refractivity contribution in [3.63, 3.8) is 0 Å². The van der Waals surface area contributed by atoms with Crippen LogP contribution in [-0.4, -0.2) is 17.6 Å². The Hall–Kier alpha value is -1.29. The highest BCUT2D eigenvalue weighted by Gasteiger charge is 2.11. The summed E-state index contributed by atoms with van der Waals surface area (Å²) in [6.45, 7) is 0.625. The van der Waals surface area contributed by atoms with Gasteiger partial charge in [0.05, 0.1) is 5.56 Å². The molecule has 0 saturated carbocycles. The van der Waals surface area contributed by atoms with Crippen LogP contribution in [0.3, 0.4) is 0 Å². The molecule has 0 unspecified atom stereocenters. The third kappa shape index (κ3) is 4.10. The van der Waals surface area contributed by atoms with Crippen LogP contribution >= 0.6 is 15.9 Å². The summed E-state index contributed by atoms with van der Waals surface area (Å²) in [5, 5.41) is 12.6. The van der Waals surface area contributed by atoms with Crippen molar-refractivity contribution in [1.82, 2.24) is 5.32 Å². The number of benzene rings is 1. The smallest absolute Gasteiger partial charge is 0.255 e. The highest BCUT2D eigenvalue weighted by Crippen LogP contribution is 2.22. The van der Waals surface area contributed by atoms with E-state index in [-0.39, 0.29) is 11.7 Å². The van der Waals surface area contributed by atoms with E-state index >= 15 is 0 Å². The van der Waals surface area contributed by atoms with Crippen LogP contribution in [0.1, 0.15) is 42.5 Å². The van der Waals surface area contributed by atoms with Crippen LogP contribution in [-0.2, 0) is 0 Å². The van der Waals surface area contributed by atoms with Gasteiger partial charge in [-0.1, -0.05) is 27.6 Å². The molecule has 0 saturated heterocycles. The summed E-state index contributed by atoms with van der Waals surface area (Å²) in [6.07, 6.45) is 8.04. The summed E-state index contributed by atoms with van der Waals surface area (Å²) >= 11 is 3.25. The summed E-state index contributed by atoms with van der Waals surface area (Å²) < 4.78 is 0.758. The number of nitrogens with one attached hydrogen (secondary N) is 1. The van der Waals surface area contributed by atoms with Crippen molar-refractivity contribution in [3.8, 4) is 5.75 Å². The summed E-state index contributed by atoms with van der Waals surface area (Å²) in [6, 6.07) is 4.89. The van der Waals surface area contributed by atoms with E-state index in [1.165, 1.54) is 24.5 Å². The van der Waals surface area contributed by atoms with Gasteiger partial charge in [-0.3, -0.25) is 4.79 Å². The lowest BCUT2D eigenvalue weighted by Gasteiger charge is -2.13. The van der Waals surface area contributed by atoms with E-state index in [2.05, 4.69) is 27.3 Å². The summed E-state index contributed by atoms with van der Waals surface area (Å²) in [5.74, 6) is -0.217. The normalized spacial score (nSPS) is 14.9. The molecule has 2 N–H and O–H groups in total. The maximum absolute atomic E-state index is 11.9. The molecule has 0 aliphatic heterocycles. The lowest BCUT2D eigenvalue weighted by atomic mass is 9.97. The van der Waals surface area contributed by atoms with Crippen molar-refractivity contribution in [1.29, 1.82) is 0 Å². The van der Waals surface area contributed by atoms with Crippen LogP contribution in [0.15, 0.2) is 34.3 Å². The van der Waals surface area contributed by atoms with Gasteiger partial charge in [0.1, 0.15) is 5.75 Å². The first-order valence-electron chi connectivity index (χ1n) is 6.61. The quantitative estimate of drug-likeness (QED) is 0.828. The van der Waals surface area contributed by atoms with Gasteiger partial charge in [0.2, 0.25) is 0 Å². The summed E-state index contributed by atoms with van der Waals surface area (Å²) in [5.41, 5.74) is 1.76. The average molecular weight is 324 g/mol. The minimum atomic E-state index is -0.221. The first-order valence-corrected chi connectivity index (χ1v) is 7.41. The van der Waals surface area contributed by atoms with Gasteiger partial charge < -0.3 is 10.4 Å². The number of amides is 1. The zero-order valence-electron chi connectivity index (χ0n) is 10.8. The number of phenols is 1. The Morgan fingerprint density at radius 3 is 2.89 bits per heavy atom. The zero-order chi connectivity index (χ0) is 13.7. The second-order valence-electron chi connectivity index (χ2n) is 4.78. The van der Waals surface area contributed by atoms with Crippen molar-refractivity contribution < 1.29 is 9.90 Å². The van der Waals surface area contributed by atoms with Crippen molar-refractivity contribution in [2.45, 2.75) is 32.1 Å². The molecule has 102 valence electrons. The highest BCUT2D eigenvalue weighted by molar-refractivity contribution is 9.10. The lowest BCUT2D eigenvalue weighted by Crippen LogP contribution is -2.24. The molecular formula is C15H18BrNO2. The van der Waals surface area contributed by atoms with E-state index in [1.807, 2.05) is 0 Å². The van der Waals surface area contributed by atoms with Crippen LogP contribution in [0.5, 0.6) is 5.75 Å².